The van der Waals surface area contributed by atoms with Crippen molar-refractivity contribution in [3.63, 3.8) is 0 Å². The third-order valence-corrected chi connectivity index (χ3v) is 5.72. The number of anilines is 1. The van der Waals surface area contributed by atoms with Crippen LogP contribution in [0.1, 0.15) is 49.2 Å². The van der Waals surface area contributed by atoms with Gasteiger partial charge in [0, 0.05) is 11.3 Å². The molecule has 0 saturated heterocycles. The molecule has 36 heavy (non-hydrogen) atoms. The van der Waals surface area contributed by atoms with Crippen LogP contribution in [0.3, 0.4) is 0 Å². The smallest absolute Gasteiger partial charge is 0.255 e. The van der Waals surface area contributed by atoms with E-state index in [4.69, 9.17) is 14.2 Å². The lowest BCUT2D eigenvalue weighted by Gasteiger charge is -2.17. The van der Waals surface area contributed by atoms with Gasteiger partial charge in [0.2, 0.25) is 5.75 Å². The molecule has 1 N–H and O–H groups in total. The highest BCUT2D eigenvalue weighted by molar-refractivity contribution is 6.06. The second kappa shape index (κ2) is 11.1. The fourth-order valence-electron chi connectivity index (χ4n) is 3.90. The maximum Gasteiger partial charge on any atom is 0.255 e. The third-order valence-electron chi connectivity index (χ3n) is 5.72. The first-order valence-corrected chi connectivity index (χ1v) is 12.3. The Morgan fingerprint density at radius 3 is 1.97 bits per heavy atom. The first-order chi connectivity index (χ1) is 17.5. The normalized spacial score (nSPS) is 10.9. The van der Waals surface area contributed by atoms with Crippen molar-refractivity contribution in [3.8, 4) is 22.9 Å². The number of rotatable bonds is 10. The van der Waals surface area contributed by atoms with Crippen molar-refractivity contribution < 1.29 is 19.0 Å². The van der Waals surface area contributed by atoms with Crippen LogP contribution in [-0.4, -0.2) is 40.7 Å². The van der Waals surface area contributed by atoms with Gasteiger partial charge in [0.15, 0.2) is 11.5 Å². The molecule has 4 aromatic rings. The molecule has 0 bridgehead atoms. The maximum atomic E-state index is 13.3. The second-order valence-corrected chi connectivity index (χ2v) is 8.22. The standard InChI is InChI=1S/C28H32N4O4/c1-6-19-10-12-21(13-11-19)32-30-23-14-18(5)22(17-24(23)31-32)29-28(33)20-15-25(34-7-2)27(36-9-4)26(16-20)35-8-3/h10-17H,6-9H2,1-5H3,(H,29,33). The fraction of sp³-hybridized carbons (Fsp3) is 0.321. The Balaban J connectivity index is 1.64. The van der Waals surface area contributed by atoms with Crippen LogP contribution in [-0.2, 0) is 6.42 Å². The molecular weight excluding hydrogens is 456 g/mol. The summed E-state index contributed by atoms with van der Waals surface area (Å²) in [6, 6.07) is 15.3. The fourth-order valence-corrected chi connectivity index (χ4v) is 3.90. The van der Waals surface area contributed by atoms with Gasteiger partial charge in [-0.1, -0.05) is 19.1 Å². The van der Waals surface area contributed by atoms with E-state index in [0.29, 0.717) is 53.8 Å². The molecular formula is C28H32N4O4. The molecule has 0 aliphatic heterocycles. The number of aromatic nitrogens is 3. The Morgan fingerprint density at radius 2 is 1.42 bits per heavy atom. The van der Waals surface area contributed by atoms with Crippen molar-refractivity contribution in [2.24, 2.45) is 0 Å². The number of nitrogens with zero attached hydrogens (tertiary/aromatic N) is 3. The van der Waals surface area contributed by atoms with Gasteiger partial charge in [0.05, 0.1) is 25.5 Å². The molecule has 0 aliphatic carbocycles. The van der Waals surface area contributed by atoms with E-state index in [2.05, 4.69) is 34.6 Å². The molecule has 4 rings (SSSR count). The largest absolute Gasteiger partial charge is 0.490 e. The SMILES string of the molecule is CCOc1cc(C(=O)Nc2cc3nn(-c4ccc(CC)cc4)nc3cc2C)cc(OCC)c1OCC. The van der Waals surface area contributed by atoms with E-state index in [1.165, 1.54) is 5.56 Å². The Morgan fingerprint density at radius 1 is 0.833 bits per heavy atom. The number of hydrogen-bond acceptors (Lipinski definition) is 6. The van der Waals surface area contributed by atoms with Gasteiger partial charge < -0.3 is 19.5 Å². The predicted molar refractivity (Wildman–Crippen MR) is 141 cm³/mol. The van der Waals surface area contributed by atoms with Crippen LogP contribution in [0.25, 0.3) is 16.7 Å². The Bertz CT molecular complexity index is 1340. The van der Waals surface area contributed by atoms with Crippen LogP contribution in [0.2, 0.25) is 0 Å². The van der Waals surface area contributed by atoms with Crippen LogP contribution in [0.4, 0.5) is 5.69 Å². The van der Waals surface area contributed by atoms with Gasteiger partial charge in [-0.25, -0.2) is 0 Å². The third kappa shape index (κ3) is 5.27. The van der Waals surface area contributed by atoms with Gasteiger partial charge in [0.1, 0.15) is 11.0 Å². The zero-order chi connectivity index (χ0) is 25.7. The summed E-state index contributed by atoms with van der Waals surface area (Å²) in [6.07, 6.45) is 0.976. The van der Waals surface area contributed by atoms with E-state index in [1.807, 2.05) is 52.0 Å². The quantitative estimate of drug-likeness (QED) is 0.306. The van der Waals surface area contributed by atoms with Gasteiger partial charge in [-0.15, -0.1) is 10.2 Å². The number of carbonyl (C=O) groups is 1. The van der Waals surface area contributed by atoms with Crippen molar-refractivity contribution >= 4 is 22.6 Å². The molecule has 3 aromatic carbocycles. The highest BCUT2D eigenvalue weighted by Gasteiger charge is 2.19. The summed E-state index contributed by atoms with van der Waals surface area (Å²) in [5.41, 5.74) is 5.52. The van der Waals surface area contributed by atoms with Crippen LogP contribution in [0, 0.1) is 6.92 Å². The Hall–Kier alpha value is -4.07. The molecule has 1 amide bonds. The van der Waals surface area contributed by atoms with E-state index >= 15 is 0 Å². The number of carbonyl (C=O) groups excluding carboxylic acids is 1. The molecule has 0 radical (unpaired) electrons. The Labute approximate surface area is 211 Å². The molecule has 0 aliphatic rings. The van der Waals surface area contributed by atoms with Crippen LogP contribution < -0.4 is 19.5 Å². The zero-order valence-electron chi connectivity index (χ0n) is 21.4. The second-order valence-electron chi connectivity index (χ2n) is 8.22. The van der Waals surface area contributed by atoms with Crippen molar-refractivity contribution in [1.29, 1.82) is 0 Å². The summed E-state index contributed by atoms with van der Waals surface area (Å²) in [4.78, 5) is 14.9. The minimum absolute atomic E-state index is 0.287. The van der Waals surface area contributed by atoms with Gasteiger partial charge in [-0.05, 0) is 81.6 Å². The zero-order valence-corrected chi connectivity index (χ0v) is 21.4. The van der Waals surface area contributed by atoms with Gasteiger partial charge in [-0.2, -0.15) is 4.80 Å². The molecule has 0 unspecified atom stereocenters. The highest BCUT2D eigenvalue weighted by Crippen LogP contribution is 2.39. The van der Waals surface area contributed by atoms with Gasteiger partial charge >= 0.3 is 0 Å². The number of hydrogen-bond donors (Lipinski definition) is 1. The monoisotopic (exact) mass is 488 g/mol. The topological polar surface area (TPSA) is 87.5 Å². The molecule has 8 nitrogen and oxygen atoms in total. The summed E-state index contributed by atoms with van der Waals surface area (Å²) in [6.45, 7) is 11.0. The van der Waals surface area contributed by atoms with E-state index in [1.54, 1.807) is 16.9 Å². The molecule has 188 valence electrons. The molecule has 0 saturated carbocycles. The predicted octanol–water partition coefficient (Wildman–Crippen LogP) is 5.74. The van der Waals surface area contributed by atoms with Gasteiger partial charge in [-0.3, -0.25) is 4.79 Å². The first-order valence-electron chi connectivity index (χ1n) is 12.3. The van der Waals surface area contributed by atoms with Crippen molar-refractivity contribution in [1.82, 2.24) is 15.0 Å². The number of nitrogens with one attached hydrogen (secondary N) is 1. The first kappa shape index (κ1) is 25.0. The number of aryl methyl sites for hydroxylation is 2. The molecule has 1 heterocycles. The highest BCUT2D eigenvalue weighted by atomic mass is 16.5. The van der Waals surface area contributed by atoms with Crippen LogP contribution in [0.15, 0.2) is 48.5 Å². The number of amides is 1. The number of benzene rings is 3. The van der Waals surface area contributed by atoms with Crippen LogP contribution >= 0.6 is 0 Å². The molecule has 0 atom stereocenters. The summed E-state index contributed by atoms with van der Waals surface area (Å²) in [5, 5.41) is 12.2. The van der Waals surface area contributed by atoms with E-state index in [0.717, 1.165) is 23.2 Å². The van der Waals surface area contributed by atoms with Crippen LogP contribution in [0.5, 0.6) is 17.2 Å². The van der Waals surface area contributed by atoms with Gasteiger partial charge in [0.25, 0.3) is 5.91 Å². The number of fused-ring (bicyclic) bond motifs is 1. The van der Waals surface area contributed by atoms with Crippen molar-refractivity contribution in [3.05, 3.63) is 65.2 Å². The maximum absolute atomic E-state index is 13.3. The number of ether oxygens (including phenoxy) is 3. The lowest BCUT2D eigenvalue weighted by Crippen LogP contribution is -2.14. The lowest BCUT2D eigenvalue weighted by atomic mass is 10.1. The molecule has 0 spiro atoms. The average molecular weight is 489 g/mol. The average Bonchev–Trinajstić information content (AvgIpc) is 3.29. The van der Waals surface area contributed by atoms with Crippen molar-refractivity contribution in [2.75, 3.05) is 25.1 Å². The molecule has 0 fully saturated rings. The van der Waals surface area contributed by atoms with E-state index in [-0.39, 0.29) is 5.91 Å². The summed E-state index contributed by atoms with van der Waals surface area (Å²) >= 11 is 0. The van der Waals surface area contributed by atoms with E-state index < -0.39 is 0 Å². The minimum Gasteiger partial charge on any atom is -0.490 e. The molecule has 1 aromatic heterocycles. The van der Waals surface area contributed by atoms with Crippen molar-refractivity contribution in [2.45, 2.75) is 41.0 Å². The lowest BCUT2D eigenvalue weighted by molar-refractivity contribution is 0.102. The van der Waals surface area contributed by atoms with E-state index in [9.17, 15) is 4.79 Å². The summed E-state index contributed by atoms with van der Waals surface area (Å²) in [5.74, 6) is 1.16. The Kier molecular flexibility index (Phi) is 7.73. The summed E-state index contributed by atoms with van der Waals surface area (Å²) < 4.78 is 17.3. The summed E-state index contributed by atoms with van der Waals surface area (Å²) in [7, 11) is 0. The molecule has 8 heteroatoms. The minimum atomic E-state index is -0.287.